The summed E-state index contributed by atoms with van der Waals surface area (Å²) in [5.74, 6) is -0.102. The Labute approximate surface area is 177 Å². The molecule has 1 aliphatic rings. The van der Waals surface area contributed by atoms with Crippen LogP contribution in [-0.2, 0) is 14.4 Å². The highest BCUT2D eigenvalue weighted by atomic mass is 32.1. The maximum absolute atomic E-state index is 12.0. The Bertz CT molecular complexity index is 846. The molecule has 5 nitrogen and oxygen atoms in total. The second-order valence-corrected chi connectivity index (χ2v) is 8.33. The Morgan fingerprint density at radius 3 is 2.79 bits per heavy atom. The van der Waals surface area contributed by atoms with Gasteiger partial charge in [-0.3, -0.25) is 9.69 Å². The Balaban J connectivity index is 1.63. The molecule has 3 rings (SSSR count). The SMILES string of the molecule is CCOC(=O)C1CCCN(CCON=C(c2ccccc2C)c2sccc2C)C1. The van der Waals surface area contributed by atoms with E-state index in [1.165, 1.54) is 11.1 Å². The monoisotopic (exact) mass is 414 g/mol. The minimum atomic E-state index is -0.0776. The lowest BCUT2D eigenvalue weighted by atomic mass is 9.98. The van der Waals surface area contributed by atoms with Crippen molar-refractivity contribution in [2.45, 2.75) is 33.6 Å². The van der Waals surface area contributed by atoms with Gasteiger partial charge in [0.1, 0.15) is 12.3 Å². The van der Waals surface area contributed by atoms with Gasteiger partial charge in [-0.25, -0.2) is 0 Å². The Morgan fingerprint density at radius 2 is 2.07 bits per heavy atom. The largest absolute Gasteiger partial charge is 0.466 e. The number of rotatable bonds is 8. The van der Waals surface area contributed by atoms with Crippen LogP contribution < -0.4 is 0 Å². The average Bonchev–Trinajstić information content (AvgIpc) is 3.15. The predicted octanol–water partition coefficient (Wildman–Crippen LogP) is 4.41. The highest BCUT2D eigenvalue weighted by Gasteiger charge is 2.26. The fourth-order valence-electron chi connectivity index (χ4n) is 3.66. The van der Waals surface area contributed by atoms with E-state index in [0.717, 1.165) is 48.6 Å². The quantitative estimate of drug-likeness (QED) is 0.278. The lowest BCUT2D eigenvalue weighted by molar-refractivity contribution is -0.150. The van der Waals surface area contributed by atoms with Crippen molar-refractivity contribution in [3.63, 3.8) is 0 Å². The van der Waals surface area contributed by atoms with Gasteiger partial charge < -0.3 is 9.57 Å². The van der Waals surface area contributed by atoms with E-state index in [-0.39, 0.29) is 11.9 Å². The van der Waals surface area contributed by atoms with E-state index in [1.807, 2.05) is 19.1 Å². The van der Waals surface area contributed by atoms with Crippen molar-refractivity contribution in [2.75, 3.05) is 32.8 Å². The summed E-state index contributed by atoms with van der Waals surface area (Å²) in [4.78, 5) is 21.2. The van der Waals surface area contributed by atoms with Crippen LogP contribution >= 0.6 is 11.3 Å². The molecule has 0 saturated carbocycles. The van der Waals surface area contributed by atoms with Crippen molar-refractivity contribution in [3.05, 3.63) is 57.3 Å². The number of nitrogens with zero attached hydrogens (tertiary/aromatic N) is 2. The first-order valence-electron chi connectivity index (χ1n) is 10.3. The number of oxime groups is 1. The molecule has 1 aromatic heterocycles. The van der Waals surface area contributed by atoms with Crippen molar-refractivity contribution in [1.82, 2.24) is 4.90 Å². The van der Waals surface area contributed by atoms with Crippen LogP contribution in [0.4, 0.5) is 0 Å². The third-order valence-electron chi connectivity index (χ3n) is 5.26. The van der Waals surface area contributed by atoms with E-state index in [2.05, 4.69) is 47.5 Å². The molecule has 1 saturated heterocycles. The molecule has 0 bridgehead atoms. The minimum absolute atomic E-state index is 0.0245. The van der Waals surface area contributed by atoms with E-state index < -0.39 is 0 Å². The summed E-state index contributed by atoms with van der Waals surface area (Å²) in [6.45, 7) is 9.46. The molecule has 1 fully saturated rings. The van der Waals surface area contributed by atoms with Crippen molar-refractivity contribution in [3.8, 4) is 0 Å². The number of carbonyl (C=O) groups is 1. The first kappa shape index (κ1) is 21.5. The molecule has 1 aliphatic heterocycles. The van der Waals surface area contributed by atoms with E-state index in [1.54, 1.807) is 11.3 Å². The van der Waals surface area contributed by atoms with Crippen LogP contribution in [-0.4, -0.2) is 49.4 Å². The third-order valence-corrected chi connectivity index (χ3v) is 6.28. The van der Waals surface area contributed by atoms with Gasteiger partial charge in [-0.1, -0.05) is 29.4 Å². The summed E-state index contributed by atoms with van der Waals surface area (Å²) in [5, 5.41) is 6.62. The van der Waals surface area contributed by atoms with Gasteiger partial charge in [0.25, 0.3) is 0 Å². The summed E-state index contributed by atoms with van der Waals surface area (Å²) < 4.78 is 5.18. The molecule has 2 aromatic rings. The van der Waals surface area contributed by atoms with Crippen LogP contribution in [0.15, 0.2) is 40.9 Å². The Hall–Kier alpha value is -2.18. The molecule has 156 valence electrons. The molecule has 1 atom stereocenters. The fraction of sp³-hybridized carbons (Fsp3) is 0.478. The maximum Gasteiger partial charge on any atom is 0.310 e. The van der Waals surface area contributed by atoms with E-state index in [4.69, 9.17) is 9.57 Å². The zero-order valence-corrected chi connectivity index (χ0v) is 18.3. The molecule has 0 N–H and O–H groups in total. The molecule has 29 heavy (non-hydrogen) atoms. The zero-order valence-electron chi connectivity index (χ0n) is 17.5. The Kier molecular flexibility index (Phi) is 7.83. The number of ether oxygens (including phenoxy) is 1. The van der Waals surface area contributed by atoms with Crippen molar-refractivity contribution in [2.24, 2.45) is 11.1 Å². The fourth-order valence-corrected chi connectivity index (χ4v) is 4.58. The van der Waals surface area contributed by atoms with Gasteiger partial charge in [-0.05, 0) is 62.7 Å². The van der Waals surface area contributed by atoms with Gasteiger partial charge >= 0.3 is 5.97 Å². The lowest BCUT2D eigenvalue weighted by Gasteiger charge is -2.30. The molecular formula is C23H30N2O3S. The van der Waals surface area contributed by atoms with Crippen LogP contribution in [0.1, 0.15) is 41.3 Å². The maximum atomic E-state index is 12.0. The van der Waals surface area contributed by atoms with E-state index >= 15 is 0 Å². The summed E-state index contributed by atoms with van der Waals surface area (Å²) in [6.07, 6.45) is 1.92. The topological polar surface area (TPSA) is 51.1 Å². The van der Waals surface area contributed by atoms with Crippen LogP contribution in [0.5, 0.6) is 0 Å². The highest BCUT2D eigenvalue weighted by molar-refractivity contribution is 7.12. The molecule has 0 spiro atoms. The first-order chi connectivity index (χ1) is 14.1. The molecule has 1 unspecified atom stereocenters. The third kappa shape index (κ3) is 5.67. The van der Waals surface area contributed by atoms with Gasteiger partial charge in [0.05, 0.1) is 17.4 Å². The van der Waals surface area contributed by atoms with Crippen LogP contribution in [0.3, 0.4) is 0 Å². The number of hydrogen-bond acceptors (Lipinski definition) is 6. The molecular weight excluding hydrogens is 384 g/mol. The number of benzene rings is 1. The zero-order chi connectivity index (χ0) is 20.6. The van der Waals surface area contributed by atoms with Gasteiger partial charge in [0.2, 0.25) is 0 Å². The summed E-state index contributed by atoms with van der Waals surface area (Å²) in [7, 11) is 0. The van der Waals surface area contributed by atoms with Crippen LogP contribution in [0, 0.1) is 19.8 Å². The normalized spacial score (nSPS) is 17.9. The molecule has 0 aliphatic carbocycles. The van der Waals surface area contributed by atoms with E-state index in [0.29, 0.717) is 13.2 Å². The number of hydrogen-bond donors (Lipinski definition) is 0. The average molecular weight is 415 g/mol. The summed E-state index contributed by atoms with van der Waals surface area (Å²) >= 11 is 1.68. The standard InChI is InChI=1S/C23H30N2O3S/c1-4-27-23(26)19-9-7-12-25(16-19)13-14-28-24-21(22-18(3)11-15-29-22)20-10-6-5-8-17(20)2/h5-6,8,10-11,15,19H,4,7,9,12-14,16H2,1-3H3. The molecule has 0 amide bonds. The molecule has 0 radical (unpaired) electrons. The van der Waals surface area contributed by atoms with Gasteiger partial charge in [-0.15, -0.1) is 11.3 Å². The van der Waals surface area contributed by atoms with Gasteiger partial charge in [-0.2, -0.15) is 0 Å². The first-order valence-corrected chi connectivity index (χ1v) is 11.2. The number of thiophene rings is 1. The number of esters is 1. The van der Waals surface area contributed by atoms with Gasteiger partial charge in [0.15, 0.2) is 0 Å². The van der Waals surface area contributed by atoms with Crippen LogP contribution in [0.25, 0.3) is 0 Å². The van der Waals surface area contributed by atoms with Crippen molar-refractivity contribution < 1.29 is 14.4 Å². The summed E-state index contributed by atoms with van der Waals surface area (Å²) in [6, 6.07) is 10.4. The Morgan fingerprint density at radius 1 is 1.24 bits per heavy atom. The minimum Gasteiger partial charge on any atom is -0.466 e. The summed E-state index contributed by atoms with van der Waals surface area (Å²) in [5.41, 5.74) is 4.36. The van der Waals surface area contributed by atoms with Gasteiger partial charge in [0, 0.05) is 18.7 Å². The second kappa shape index (κ2) is 10.6. The predicted molar refractivity (Wildman–Crippen MR) is 118 cm³/mol. The second-order valence-electron chi connectivity index (χ2n) is 7.41. The van der Waals surface area contributed by atoms with Crippen molar-refractivity contribution >= 4 is 23.0 Å². The highest BCUT2D eigenvalue weighted by Crippen LogP contribution is 2.23. The number of aryl methyl sites for hydroxylation is 2. The molecule has 6 heteroatoms. The molecule has 1 aromatic carbocycles. The number of piperidine rings is 1. The van der Waals surface area contributed by atoms with Crippen molar-refractivity contribution in [1.29, 1.82) is 0 Å². The van der Waals surface area contributed by atoms with E-state index in [9.17, 15) is 4.79 Å². The number of likely N-dealkylation sites (tertiary alicyclic amines) is 1. The lowest BCUT2D eigenvalue weighted by Crippen LogP contribution is -2.40. The number of carbonyl (C=O) groups excluding carboxylic acids is 1. The molecule has 2 heterocycles. The smallest absolute Gasteiger partial charge is 0.310 e. The van der Waals surface area contributed by atoms with Crippen LogP contribution in [0.2, 0.25) is 0 Å².